The van der Waals surface area contributed by atoms with E-state index in [1.54, 1.807) is 11.0 Å². The summed E-state index contributed by atoms with van der Waals surface area (Å²) in [4.78, 5) is 44.2. The highest BCUT2D eigenvalue weighted by molar-refractivity contribution is 6.05. The molecule has 3 amide bonds. The number of nitrogens with one attached hydrogen (secondary N) is 1. The second-order valence-electron chi connectivity index (χ2n) is 9.92. The predicted octanol–water partition coefficient (Wildman–Crippen LogP) is 3.82. The van der Waals surface area contributed by atoms with E-state index < -0.39 is 11.9 Å². The SMILES string of the molecule is [C-]#[N+]c1ccc(CN(C)[C@H]2CCCC[C@H]2Oc2ccc3c(c2)CN(C2CCC(=O)NC2=O)C3=O)cc1. The van der Waals surface area contributed by atoms with Gasteiger partial charge in [0.05, 0.1) is 6.57 Å². The van der Waals surface area contributed by atoms with E-state index in [1.807, 2.05) is 36.4 Å². The highest BCUT2D eigenvalue weighted by Gasteiger charge is 2.39. The molecule has 2 heterocycles. The van der Waals surface area contributed by atoms with Crippen LogP contribution in [0.25, 0.3) is 4.85 Å². The van der Waals surface area contributed by atoms with Crippen molar-refractivity contribution in [2.24, 2.45) is 0 Å². The van der Waals surface area contributed by atoms with Gasteiger partial charge in [-0.1, -0.05) is 30.7 Å². The molecular weight excluding hydrogens is 456 g/mol. The summed E-state index contributed by atoms with van der Waals surface area (Å²) in [5.74, 6) is -0.131. The zero-order valence-electron chi connectivity index (χ0n) is 20.4. The van der Waals surface area contributed by atoms with Crippen LogP contribution in [0.15, 0.2) is 42.5 Å². The predicted molar refractivity (Wildman–Crippen MR) is 133 cm³/mol. The largest absolute Gasteiger partial charge is 0.489 e. The van der Waals surface area contributed by atoms with Crippen molar-refractivity contribution < 1.29 is 19.1 Å². The van der Waals surface area contributed by atoms with Crippen LogP contribution in [0.4, 0.5) is 5.69 Å². The highest BCUT2D eigenvalue weighted by Crippen LogP contribution is 2.33. The third kappa shape index (κ3) is 4.84. The number of fused-ring (bicyclic) bond motifs is 1. The average Bonchev–Trinajstić information content (AvgIpc) is 3.20. The number of benzene rings is 2. The normalized spacial score (nSPS) is 23.9. The summed E-state index contributed by atoms with van der Waals surface area (Å²) in [6, 6.07) is 12.9. The number of carbonyl (C=O) groups is 3. The van der Waals surface area contributed by atoms with E-state index in [9.17, 15) is 14.4 Å². The number of hydrogen-bond donors (Lipinski definition) is 1. The molecular formula is C28H30N4O4. The molecule has 8 heteroatoms. The molecule has 3 aliphatic rings. The Balaban J connectivity index is 1.27. The van der Waals surface area contributed by atoms with Crippen molar-refractivity contribution in [1.82, 2.24) is 15.1 Å². The molecule has 1 N–H and O–H groups in total. The van der Waals surface area contributed by atoms with Crippen LogP contribution in [-0.4, -0.2) is 52.8 Å². The lowest BCUT2D eigenvalue weighted by molar-refractivity contribution is -0.136. The van der Waals surface area contributed by atoms with Crippen LogP contribution in [0.1, 0.15) is 60.0 Å². The minimum Gasteiger partial charge on any atom is -0.489 e. The summed E-state index contributed by atoms with van der Waals surface area (Å²) in [5.41, 5.74) is 3.25. The summed E-state index contributed by atoms with van der Waals surface area (Å²) >= 11 is 0. The van der Waals surface area contributed by atoms with E-state index in [2.05, 4.69) is 22.1 Å². The van der Waals surface area contributed by atoms with Gasteiger partial charge < -0.3 is 9.64 Å². The van der Waals surface area contributed by atoms with Crippen molar-refractivity contribution >= 4 is 23.4 Å². The molecule has 1 unspecified atom stereocenters. The highest BCUT2D eigenvalue weighted by atomic mass is 16.5. The molecule has 2 fully saturated rings. The summed E-state index contributed by atoms with van der Waals surface area (Å²) in [6.07, 6.45) is 4.91. The molecule has 2 aliphatic heterocycles. The van der Waals surface area contributed by atoms with E-state index in [0.29, 0.717) is 24.2 Å². The number of rotatable bonds is 6. The zero-order chi connectivity index (χ0) is 25.2. The van der Waals surface area contributed by atoms with E-state index in [-0.39, 0.29) is 30.4 Å². The Hall–Kier alpha value is -3.70. The van der Waals surface area contributed by atoms with Crippen LogP contribution in [0, 0.1) is 6.57 Å². The van der Waals surface area contributed by atoms with Crippen LogP contribution in [0.3, 0.4) is 0 Å². The Bertz CT molecular complexity index is 1220. The zero-order valence-corrected chi connectivity index (χ0v) is 20.4. The number of imide groups is 1. The molecule has 8 nitrogen and oxygen atoms in total. The number of piperidine rings is 1. The van der Waals surface area contributed by atoms with Gasteiger partial charge in [-0.25, -0.2) is 4.85 Å². The molecule has 5 rings (SSSR count). The average molecular weight is 487 g/mol. The van der Waals surface area contributed by atoms with Crippen molar-refractivity contribution in [3.8, 4) is 5.75 Å². The van der Waals surface area contributed by atoms with Gasteiger partial charge in [0.15, 0.2) is 5.69 Å². The number of amides is 3. The van der Waals surface area contributed by atoms with Gasteiger partial charge in [-0.15, -0.1) is 0 Å². The molecule has 2 aromatic rings. The Morgan fingerprint density at radius 2 is 1.86 bits per heavy atom. The lowest BCUT2D eigenvalue weighted by Gasteiger charge is -2.38. The molecule has 0 radical (unpaired) electrons. The quantitative estimate of drug-likeness (QED) is 0.496. The van der Waals surface area contributed by atoms with Crippen molar-refractivity contribution in [2.75, 3.05) is 7.05 Å². The van der Waals surface area contributed by atoms with E-state index >= 15 is 0 Å². The number of ether oxygens (including phenoxy) is 1. The maximum Gasteiger partial charge on any atom is 0.255 e. The Morgan fingerprint density at radius 1 is 1.08 bits per heavy atom. The fraction of sp³-hybridized carbons (Fsp3) is 0.429. The maximum absolute atomic E-state index is 13.0. The first-order chi connectivity index (χ1) is 17.4. The minimum atomic E-state index is -0.618. The first-order valence-corrected chi connectivity index (χ1v) is 12.5. The van der Waals surface area contributed by atoms with Gasteiger partial charge >= 0.3 is 0 Å². The maximum atomic E-state index is 13.0. The second kappa shape index (κ2) is 10.1. The number of nitrogens with zero attached hydrogens (tertiary/aromatic N) is 3. The molecule has 1 aliphatic carbocycles. The van der Waals surface area contributed by atoms with Gasteiger partial charge in [-0.05, 0) is 62.1 Å². The number of likely N-dealkylation sites (N-methyl/N-ethyl adjacent to an activating group) is 1. The fourth-order valence-electron chi connectivity index (χ4n) is 5.60. The van der Waals surface area contributed by atoms with Crippen LogP contribution in [0.2, 0.25) is 0 Å². The Labute approximate surface area is 211 Å². The van der Waals surface area contributed by atoms with Gasteiger partial charge in [0.2, 0.25) is 11.8 Å². The molecule has 1 saturated heterocycles. The van der Waals surface area contributed by atoms with Gasteiger partial charge in [0.1, 0.15) is 17.9 Å². The van der Waals surface area contributed by atoms with Crippen LogP contribution in [-0.2, 0) is 22.7 Å². The summed E-state index contributed by atoms with van der Waals surface area (Å²) in [5, 5.41) is 2.34. The van der Waals surface area contributed by atoms with Crippen molar-refractivity contribution in [3.05, 3.63) is 70.6 Å². The lowest BCUT2D eigenvalue weighted by Crippen LogP contribution is -2.52. The summed E-state index contributed by atoms with van der Waals surface area (Å²) < 4.78 is 6.50. The first-order valence-electron chi connectivity index (χ1n) is 12.5. The van der Waals surface area contributed by atoms with Gasteiger partial charge in [-0.3, -0.25) is 24.6 Å². The van der Waals surface area contributed by atoms with E-state index in [0.717, 1.165) is 43.5 Å². The molecule has 186 valence electrons. The summed E-state index contributed by atoms with van der Waals surface area (Å²) in [6.45, 7) is 8.25. The van der Waals surface area contributed by atoms with Crippen LogP contribution < -0.4 is 10.1 Å². The minimum absolute atomic E-state index is 0.0349. The topological polar surface area (TPSA) is 83.3 Å². The van der Waals surface area contributed by atoms with Crippen LogP contribution >= 0.6 is 0 Å². The van der Waals surface area contributed by atoms with Crippen molar-refractivity contribution in [3.63, 3.8) is 0 Å². The molecule has 2 aromatic carbocycles. The number of carbonyl (C=O) groups excluding carboxylic acids is 3. The van der Waals surface area contributed by atoms with Gasteiger partial charge in [-0.2, -0.15) is 0 Å². The molecule has 1 saturated carbocycles. The van der Waals surface area contributed by atoms with E-state index in [4.69, 9.17) is 11.3 Å². The molecule has 3 atom stereocenters. The molecule has 0 bridgehead atoms. The van der Waals surface area contributed by atoms with Crippen molar-refractivity contribution in [2.45, 2.75) is 69.8 Å². The fourth-order valence-corrected chi connectivity index (χ4v) is 5.60. The first kappa shape index (κ1) is 24.0. The number of hydrogen-bond acceptors (Lipinski definition) is 5. The molecule has 0 spiro atoms. The Kier molecular flexibility index (Phi) is 6.75. The molecule has 0 aromatic heterocycles. The monoisotopic (exact) mass is 486 g/mol. The third-order valence-corrected chi connectivity index (χ3v) is 7.51. The summed E-state index contributed by atoms with van der Waals surface area (Å²) in [7, 11) is 2.12. The molecule has 36 heavy (non-hydrogen) atoms. The van der Waals surface area contributed by atoms with E-state index in [1.165, 1.54) is 5.56 Å². The smallest absolute Gasteiger partial charge is 0.255 e. The van der Waals surface area contributed by atoms with Crippen LogP contribution in [0.5, 0.6) is 5.75 Å². The van der Waals surface area contributed by atoms with Crippen molar-refractivity contribution in [1.29, 1.82) is 0 Å². The van der Waals surface area contributed by atoms with Gasteiger partial charge in [0.25, 0.3) is 5.91 Å². The van der Waals surface area contributed by atoms with Gasteiger partial charge in [0, 0.05) is 31.1 Å². The third-order valence-electron chi connectivity index (χ3n) is 7.51. The Morgan fingerprint density at radius 3 is 2.61 bits per heavy atom. The second-order valence-corrected chi connectivity index (χ2v) is 9.92. The standard InChI is InChI=1S/C28H30N4O4/c1-29-20-9-7-18(8-10-20)16-31(2)23-5-3-4-6-25(23)36-21-11-12-22-19(15-21)17-32(28(22)35)24-13-14-26(33)30-27(24)34/h7-12,15,23-25H,3-6,13-14,16-17H2,2H3,(H,30,33,34)/t23-,24?,25+/m0/s1. The lowest BCUT2D eigenvalue weighted by atomic mass is 9.91.